The summed E-state index contributed by atoms with van der Waals surface area (Å²) in [6, 6.07) is 7.62. The van der Waals surface area contributed by atoms with E-state index in [9.17, 15) is 18.0 Å². The molecule has 4 rings (SSSR count). The van der Waals surface area contributed by atoms with Crippen molar-refractivity contribution >= 4 is 27.4 Å². The van der Waals surface area contributed by atoms with Crippen LogP contribution in [0.4, 0.5) is 0 Å². The van der Waals surface area contributed by atoms with Gasteiger partial charge in [-0.2, -0.15) is 5.10 Å². The van der Waals surface area contributed by atoms with Crippen molar-refractivity contribution in [2.45, 2.75) is 38.3 Å². The van der Waals surface area contributed by atoms with Gasteiger partial charge in [-0.3, -0.25) is 9.59 Å². The Hall–Kier alpha value is -2.22. The van der Waals surface area contributed by atoms with Gasteiger partial charge in [0.1, 0.15) is 5.71 Å². The summed E-state index contributed by atoms with van der Waals surface area (Å²) in [5.41, 5.74) is 2.75. The highest BCUT2D eigenvalue weighted by molar-refractivity contribution is 7.91. The maximum atomic E-state index is 12.9. The SMILES string of the molecule is O=C(C1=NN(C2CCS(=O)(=O)C2)C(=O)CC1)N1CCc2ccccc2C1. The van der Waals surface area contributed by atoms with Crippen LogP contribution in [0.5, 0.6) is 0 Å². The van der Waals surface area contributed by atoms with E-state index >= 15 is 0 Å². The molecular weight excluding hydrogens is 354 g/mol. The van der Waals surface area contributed by atoms with E-state index in [-0.39, 0.29) is 29.7 Å². The molecule has 0 radical (unpaired) electrons. The maximum absolute atomic E-state index is 12.9. The Bertz CT molecular complexity index is 893. The number of fused-ring (bicyclic) bond motifs is 1. The molecule has 3 aliphatic rings. The second-order valence-corrected chi connectivity index (χ2v) is 9.32. The summed E-state index contributed by atoms with van der Waals surface area (Å²) >= 11 is 0. The second-order valence-electron chi connectivity index (χ2n) is 7.09. The number of amides is 2. The number of sulfone groups is 1. The number of hydrogen-bond donors (Lipinski definition) is 0. The van der Waals surface area contributed by atoms with E-state index in [1.165, 1.54) is 10.6 Å². The fraction of sp³-hybridized carbons (Fsp3) is 0.500. The molecule has 3 heterocycles. The van der Waals surface area contributed by atoms with Gasteiger partial charge in [0.2, 0.25) is 5.91 Å². The van der Waals surface area contributed by atoms with Gasteiger partial charge in [0, 0.05) is 25.9 Å². The molecule has 8 heteroatoms. The van der Waals surface area contributed by atoms with Gasteiger partial charge in [-0.15, -0.1) is 0 Å². The standard InChI is InChI=1S/C18H21N3O4S/c22-17-6-5-16(19-21(17)15-8-10-26(24,25)12-15)18(23)20-9-7-13-3-1-2-4-14(13)11-20/h1-4,15H,5-12H2. The normalized spacial score (nSPS) is 25.0. The Morgan fingerprint density at radius 1 is 1.12 bits per heavy atom. The summed E-state index contributed by atoms with van der Waals surface area (Å²) < 4.78 is 23.4. The van der Waals surface area contributed by atoms with Crippen LogP contribution in [-0.2, 0) is 32.4 Å². The van der Waals surface area contributed by atoms with Gasteiger partial charge in [-0.05, 0) is 24.0 Å². The highest BCUT2D eigenvalue weighted by atomic mass is 32.2. The van der Waals surface area contributed by atoms with E-state index in [1.807, 2.05) is 18.2 Å². The van der Waals surface area contributed by atoms with E-state index in [0.29, 0.717) is 31.6 Å². The van der Waals surface area contributed by atoms with Crippen molar-refractivity contribution in [3.63, 3.8) is 0 Å². The second kappa shape index (κ2) is 6.50. The third-order valence-corrected chi connectivity index (χ3v) is 7.03. The van der Waals surface area contributed by atoms with Crippen molar-refractivity contribution < 1.29 is 18.0 Å². The molecule has 0 spiro atoms. The van der Waals surface area contributed by atoms with Crippen LogP contribution in [0.1, 0.15) is 30.4 Å². The van der Waals surface area contributed by atoms with Crippen LogP contribution in [0, 0.1) is 0 Å². The minimum absolute atomic E-state index is 0.0687. The first-order valence-corrected chi connectivity index (χ1v) is 10.7. The molecule has 0 N–H and O–H groups in total. The summed E-state index contributed by atoms with van der Waals surface area (Å²) in [7, 11) is -3.12. The molecule has 26 heavy (non-hydrogen) atoms. The fourth-order valence-corrected chi connectivity index (χ4v) is 5.52. The quantitative estimate of drug-likeness (QED) is 0.763. The van der Waals surface area contributed by atoms with Crippen molar-refractivity contribution in [2.24, 2.45) is 5.10 Å². The molecule has 0 saturated carbocycles. The fourth-order valence-electron chi connectivity index (χ4n) is 3.83. The van der Waals surface area contributed by atoms with E-state index in [2.05, 4.69) is 11.2 Å². The number of nitrogens with zero attached hydrogens (tertiary/aromatic N) is 3. The molecule has 0 aromatic heterocycles. The molecule has 7 nitrogen and oxygen atoms in total. The largest absolute Gasteiger partial charge is 0.333 e. The van der Waals surface area contributed by atoms with Crippen LogP contribution in [0.15, 0.2) is 29.4 Å². The highest BCUT2D eigenvalue weighted by Gasteiger charge is 2.38. The van der Waals surface area contributed by atoms with E-state index < -0.39 is 15.9 Å². The Morgan fingerprint density at radius 3 is 2.62 bits per heavy atom. The van der Waals surface area contributed by atoms with Crippen LogP contribution in [-0.4, -0.2) is 59.9 Å². The summed E-state index contributed by atoms with van der Waals surface area (Å²) in [5.74, 6) is -0.352. The van der Waals surface area contributed by atoms with E-state index in [0.717, 1.165) is 12.0 Å². The molecule has 0 aliphatic carbocycles. The minimum Gasteiger partial charge on any atom is -0.333 e. The van der Waals surface area contributed by atoms with E-state index in [4.69, 9.17) is 0 Å². The Morgan fingerprint density at radius 2 is 1.88 bits per heavy atom. The van der Waals surface area contributed by atoms with Crippen molar-refractivity contribution in [3.05, 3.63) is 35.4 Å². The first kappa shape index (κ1) is 17.2. The van der Waals surface area contributed by atoms with Crippen molar-refractivity contribution in [1.82, 2.24) is 9.91 Å². The van der Waals surface area contributed by atoms with Gasteiger partial charge >= 0.3 is 0 Å². The van der Waals surface area contributed by atoms with Crippen LogP contribution in [0.2, 0.25) is 0 Å². The van der Waals surface area contributed by atoms with Gasteiger partial charge in [0.25, 0.3) is 5.91 Å². The molecule has 1 aromatic rings. The lowest BCUT2D eigenvalue weighted by Gasteiger charge is -2.32. The van der Waals surface area contributed by atoms with Gasteiger partial charge in [0.15, 0.2) is 9.84 Å². The van der Waals surface area contributed by atoms with Crippen LogP contribution in [0.3, 0.4) is 0 Å². The summed E-state index contributed by atoms with van der Waals surface area (Å²) in [6.07, 6.45) is 1.70. The highest BCUT2D eigenvalue weighted by Crippen LogP contribution is 2.24. The third kappa shape index (κ3) is 3.25. The average molecular weight is 375 g/mol. The Balaban J connectivity index is 1.52. The van der Waals surface area contributed by atoms with Crippen molar-refractivity contribution in [2.75, 3.05) is 18.1 Å². The lowest BCUT2D eigenvalue weighted by Crippen LogP contribution is -2.46. The topological polar surface area (TPSA) is 87.1 Å². The van der Waals surface area contributed by atoms with Crippen LogP contribution >= 0.6 is 0 Å². The predicted octanol–water partition coefficient (Wildman–Crippen LogP) is 0.737. The lowest BCUT2D eigenvalue weighted by molar-refractivity contribution is -0.134. The lowest BCUT2D eigenvalue weighted by atomic mass is 9.99. The molecular formula is C18H21N3O4S. The zero-order chi connectivity index (χ0) is 18.3. The van der Waals surface area contributed by atoms with Gasteiger partial charge < -0.3 is 4.90 Å². The summed E-state index contributed by atoms with van der Waals surface area (Å²) in [4.78, 5) is 26.9. The first-order valence-electron chi connectivity index (χ1n) is 8.89. The van der Waals surface area contributed by atoms with Crippen molar-refractivity contribution in [1.29, 1.82) is 0 Å². The molecule has 1 aromatic carbocycles. The number of rotatable bonds is 2. The van der Waals surface area contributed by atoms with Gasteiger partial charge in [-0.25, -0.2) is 13.4 Å². The molecule has 1 unspecified atom stereocenters. The van der Waals surface area contributed by atoms with E-state index in [1.54, 1.807) is 4.90 Å². The first-order chi connectivity index (χ1) is 12.4. The number of carbonyl (C=O) groups excluding carboxylic acids is 2. The molecule has 3 aliphatic heterocycles. The third-order valence-electron chi connectivity index (χ3n) is 5.28. The molecule has 2 amide bonds. The monoisotopic (exact) mass is 375 g/mol. The predicted molar refractivity (Wildman–Crippen MR) is 96.1 cm³/mol. The minimum atomic E-state index is -3.12. The summed E-state index contributed by atoms with van der Waals surface area (Å²) in [6.45, 7) is 1.17. The Kier molecular flexibility index (Phi) is 4.30. The van der Waals surface area contributed by atoms with Crippen LogP contribution < -0.4 is 0 Å². The zero-order valence-corrected chi connectivity index (χ0v) is 15.2. The number of hydrazone groups is 1. The molecule has 138 valence electrons. The summed E-state index contributed by atoms with van der Waals surface area (Å²) in [5, 5.41) is 5.54. The number of hydrogen-bond acceptors (Lipinski definition) is 5. The number of carbonyl (C=O) groups is 2. The maximum Gasteiger partial charge on any atom is 0.270 e. The molecule has 0 bridgehead atoms. The van der Waals surface area contributed by atoms with Gasteiger partial charge in [-0.1, -0.05) is 24.3 Å². The Labute approximate surface area is 152 Å². The zero-order valence-electron chi connectivity index (χ0n) is 14.4. The van der Waals surface area contributed by atoms with Gasteiger partial charge in [0.05, 0.1) is 17.5 Å². The molecule has 1 saturated heterocycles. The molecule has 1 atom stereocenters. The van der Waals surface area contributed by atoms with Crippen molar-refractivity contribution in [3.8, 4) is 0 Å². The average Bonchev–Trinajstić information content (AvgIpc) is 3.01. The number of benzene rings is 1. The molecule has 1 fully saturated rings. The van der Waals surface area contributed by atoms with Crippen LogP contribution in [0.25, 0.3) is 0 Å². The smallest absolute Gasteiger partial charge is 0.270 e.